The second kappa shape index (κ2) is 9.08. The molecule has 9 heteroatoms. The summed E-state index contributed by atoms with van der Waals surface area (Å²) in [5.74, 6) is -1.81. The average Bonchev–Trinajstić information content (AvgIpc) is 3.53. The lowest BCUT2D eigenvalue weighted by atomic mass is 9.98. The summed E-state index contributed by atoms with van der Waals surface area (Å²) in [6.45, 7) is 0.317. The van der Waals surface area contributed by atoms with Crippen LogP contribution >= 0.6 is 0 Å². The van der Waals surface area contributed by atoms with Crippen LogP contribution < -0.4 is 5.32 Å². The van der Waals surface area contributed by atoms with Gasteiger partial charge in [-0.25, -0.2) is 9.59 Å². The molecule has 0 aromatic heterocycles. The molecule has 5 rings (SSSR count). The Morgan fingerprint density at radius 2 is 1.71 bits per heavy atom. The van der Waals surface area contributed by atoms with Gasteiger partial charge < -0.3 is 29.9 Å². The number of rotatable bonds is 5. The minimum absolute atomic E-state index is 0.0295. The third-order valence-corrected chi connectivity index (χ3v) is 6.83. The van der Waals surface area contributed by atoms with E-state index in [0.717, 1.165) is 27.2 Å². The molecule has 0 radical (unpaired) electrons. The van der Waals surface area contributed by atoms with Crippen molar-refractivity contribution in [2.75, 3.05) is 19.8 Å². The first-order valence-corrected chi connectivity index (χ1v) is 11.4. The zero-order valence-corrected chi connectivity index (χ0v) is 18.4. The van der Waals surface area contributed by atoms with E-state index in [-0.39, 0.29) is 32.1 Å². The number of carbonyl (C=O) groups is 3. The fourth-order valence-electron chi connectivity index (χ4n) is 5.23. The molecule has 2 amide bonds. The van der Waals surface area contributed by atoms with Crippen LogP contribution in [-0.4, -0.2) is 77.1 Å². The van der Waals surface area contributed by atoms with Crippen LogP contribution in [0.15, 0.2) is 48.5 Å². The highest BCUT2D eigenvalue weighted by atomic mass is 16.6. The maximum absolute atomic E-state index is 13.0. The quantitative estimate of drug-likeness (QED) is 0.613. The summed E-state index contributed by atoms with van der Waals surface area (Å²) >= 11 is 0. The molecule has 0 bridgehead atoms. The van der Waals surface area contributed by atoms with Gasteiger partial charge >= 0.3 is 12.1 Å². The molecular weight excluding hydrogens is 440 g/mol. The van der Waals surface area contributed by atoms with Crippen LogP contribution in [0.25, 0.3) is 11.1 Å². The summed E-state index contributed by atoms with van der Waals surface area (Å²) in [4.78, 5) is 38.2. The smallest absolute Gasteiger partial charge is 0.407 e. The van der Waals surface area contributed by atoms with Crippen molar-refractivity contribution in [2.24, 2.45) is 0 Å². The van der Waals surface area contributed by atoms with E-state index < -0.39 is 42.3 Å². The molecule has 0 saturated carbocycles. The summed E-state index contributed by atoms with van der Waals surface area (Å²) in [6, 6.07) is 14.3. The lowest BCUT2D eigenvalue weighted by Crippen LogP contribution is -2.52. The van der Waals surface area contributed by atoms with Gasteiger partial charge in [0.1, 0.15) is 12.6 Å². The zero-order valence-electron chi connectivity index (χ0n) is 18.4. The Kier molecular flexibility index (Phi) is 5.97. The van der Waals surface area contributed by atoms with E-state index >= 15 is 0 Å². The number of hydrogen-bond donors (Lipinski definition) is 3. The zero-order chi connectivity index (χ0) is 23.8. The van der Waals surface area contributed by atoms with Crippen LogP contribution in [0.2, 0.25) is 0 Å². The molecule has 9 nitrogen and oxygen atoms in total. The van der Waals surface area contributed by atoms with E-state index in [1.165, 1.54) is 0 Å². The van der Waals surface area contributed by atoms with Crippen molar-refractivity contribution in [3.05, 3.63) is 59.7 Å². The molecule has 178 valence electrons. The third-order valence-electron chi connectivity index (χ3n) is 6.83. The Bertz CT molecular complexity index is 1070. The van der Waals surface area contributed by atoms with Crippen molar-refractivity contribution >= 4 is 18.0 Å². The molecule has 2 aliphatic heterocycles. The van der Waals surface area contributed by atoms with Gasteiger partial charge in [0.2, 0.25) is 0 Å². The summed E-state index contributed by atoms with van der Waals surface area (Å²) in [6.07, 6.45) is -2.22. The van der Waals surface area contributed by atoms with Crippen molar-refractivity contribution in [1.29, 1.82) is 0 Å². The van der Waals surface area contributed by atoms with Gasteiger partial charge in [0.25, 0.3) is 5.91 Å². The first-order chi connectivity index (χ1) is 16.4. The number of benzene rings is 2. The normalized spacial score (nSPS) is 25.6. The minimum atomic E-state index is -1.18. The van der Waals surface area contributed by atoms with E-state index in [1.807, 2.05) is 36.4 Å². The number of aliphatic hydroxyl groups excluding tert-OH is 1. The number of nitrogens with one attached hydrogen (secondary N) is 1. The van der Waals surface area contributed by atoms with Crippen molar-refractivity contribution in [3.63, 3.8) is 0 Å². The first-order valence-electron chi connectivity index (χ1n) is 11.4. The molecule has 2 aromatic rings. The van der Waals surface area contributed by atoms with Crippen molar-refractivity contribution in [2.45, 2.75) is 43.1 Å². The number of nitrogens with zero attached hydrogens (tertiary/aromatic N) is 1. The lowest BCUT2D eigenvalue weighted by molar-refractivity contribution is -0.152. The molecule has 0 spiro atoms. The number of carboxylic acids is 1. The highest BCUT2D eigenvalue weighted by molar-refractivity contribution is 5.88. The molecule has 4 atom stereocenters. The number of carboxylic acid groups (broad SMARTS) is 1. The first kappa shape index (κ1) is 22.4. The molecule has 2 unspecified atom stereocenters. The fraction of sp³-hybridized carbons (Fsp3) is 0.400. The molecule has 2 fully saturated rings. The maximum atomic E-state index is 13.0. The number of carbonyl (C=O) groups excluding carboxylic acids is 2. The Morgan fingerprint density at radius 1 is 1.06 bits per heavy atom. The SMILES string of the molecule is O=C(NC1CCOC1C(=O)N1C[C@@H](O)C[C@H]1C(=O)O)OCC1c2ccccc2-c2ccccc21. The Hall–Kier alpha value is -3.43. The van der Waals surface area contributed by atoms with Crippen LogP contribution in [0.5, 0.6) is 0 Å². The summed E-state index contributed by atoms with van der Waals surface area (Å²) in [5.41, 5.74) is 4.45. The number of aliphatic hydroxyl groups is 1. The highest BCUT2D eigenvalue weighted by Gasteiger charge is 2.45. The maximum Gasteiger partial charge on any atom is 0.407 e. The number of hydrogen-bond acceptors (Lipinski definition) is 6. The van der Waals surface area contributed by atoms with Gasteiger partial charge in [0.15, 0.2) is 6.10 Å². The summed E-state index contributed by atoms with van der Waals surface area (Å²) in [5, 5.41) is 21.9. The number of ether oxygens (including phenoxy) is 2. The molecule has 3 aliphatic rings. The molecule has 1 aliphatic carbocycles. The van der Waals surface area contributed by atoms with Crippen LogP contribution in [0.3, 0.4) is 0 Å². The van der Waals surface area contributed by atoms with Gasteiger partial charge in [-0.05, 0) is 28.7 Å². The van der Waals surface area contributed by atoms with Crippen LogP contribution in [-0.2, 0) is 19.1 Å². The monoisotopic (exact) mass is 466 g/mol. The molecule has 2 aromatic carbocycles. The van der Waals surface area contributed by atoms with E-state index in [4.69, 9.17) is 9.47 Å². The van der Waals surface area contributed by atoms with Crippen molar-refractivity contribution in [1.82, 2.24) is 10.2 Å². The number of alkyl carbamates (subject to hydrolysis) is 1. The van der Waals surface area contributed by atoms with Gasteiger partial charge in [-0.3, -0.25) is 4.79 Å². The minimum Gasteiger partial charge on any atom is -0.480 e. The van der Waals surface area contributed by atoms with E-state index in [0.29, 0.717) is 6.42 Å². The predicted molar refractivity (Wildman–Crippen MR) is 120 cm³/mol. The molecular formula is C25H26N2O7. The average molecular weight is 466 g/mol. The third kappa shape index (κ3) is 4.01. The highest BCUT2D eigenvalue weighted by Crippen LogP contribution is 2.44. The lowest BCUT2D eigenvalue weighted by Gasteiger charge is -2.27. The van der Waals surface area contributed by atoms with Crippen LogP contribution in [0.4, 0.5) is 4.79 Å². The second-order valence-corrected chi connectivity index (χ2v) is 8.89. The Labute approximate surface area is 196 Å². The summed E-state index contributed by atoms with van der Waals surface area (Å²) < 4.78 is 11.1. The molecule has 2 saturated heterocycles. The Morgan fingerprint density at radius 3 is 2.35 bits per heavy atom. The predicted octanol–water partition coefficient (Wildman–Crippen LogP) is 1.73. The molecule has 34 heavy (non-hydrogen) atoms. The standard InChI is InChI=1S/C25H26N2O7/c28-14-11-21(24(30)31)27(12-14)23(29)22-20(9-10-33-22)26-25(32)34-13-19-17-7-3-1-5-15(17)16-6-2-4-8-18(16)19/h1-8,14,19-22,28H,9-13H2,(H,26,32)(H,30,31)/t14-,20?,21-,22?/m0/s1. The van der Waals surface area contributed by atoms with Gasteiger partial charge in [-0.2, -0.15) is 0 Å². The van der Waals surface area contributed by atoms with Crippen molar-refractivity contribution < 1.29 is 34.1 Å². The van der Waals surface area contributed by atoms with Gasteiger partial charge in [0.05, 0.1) is 12.1 Å². The number of aliphatic carboxylic acids is 1. The number of amides is 2. The number of β-amino-alcohol motifs (C(OH)–C–C–N with tert-alkyl or cyclic N) is 1. The van der Waals surface area contributed by atoms with Crippen LogP contribution in [0.1, 0.15) is 29.9 Å². The molecule has 2 heterocycles. The fourth-order valence-corrected chi connectivity index (χ4v) is 5.23. The number of fused-ring (bicyclic) bond motifs is 3. The van der Waals surface area contributed by atoms with E-state index in [9.17, 15) is 24.6 Å². The second-order valence-electron chi connectivity index (χ2n) is 8.89. The Balaban J connectivity index is 1.23. The van der Waals surface area contributed by atoms with Gasteiger partial charge in [-0.15, -0.1) is 0 Å². The number of likely N-dealkylation sites (tertiary alicyclic amines) is 1. The van der Waals surface area contributed by atoms with E-state index in [2.05, 4.69) is 17.4 Å². The van der Waals surface area contributed by atoms with Crippen molar-refractivity contribution in [3.8, 4) is 11.1 Å². The van der Waals surface area contributed by atoms with Gasteiger partial charge in [-0.1, -0.05) is 48.5 Å². The topological polar surface area (TPSA) is 125 Å². The largest absolute Gasteiger partial charge is 0.480 e. The molecule has 3 N–H and O–H groups in total. The van der Waals surface area contributed by atoms with Crippen LogP contribution in [0, 0.1) is 0 Å². The summed E-state index contributed by atoms with van der Waals surface area (Å²) in [7, 11) is 0. The van der Waals surface area contributed by atoms with E-state index in [1.54, 1.807) is 0 Å². The van der Waals surface area contributed by atoms with Gasteiger partial charge in [0, 0.05) is 25.5 Å².